The van der Waals surface area contributed by atoms with Crippen molar-refractivity contribution in [3.8, 4) is 0 Å². The Morgan fingerprint density at radius 2 is 2.06 bits per heavy atom. The van der Waals surface area contributed by atoms with Gasteiger partial charge in [0.15, 0.2) is 0 Å². The van der Waals surface area contributed by atoms with E-state index in [2.05, 4.69) is 12.2 Å². The number of carbonyl (C=O) groups excluding carboxylic acids is 1. The van der Waals surface area contributed by atoms with Crippen molar-refractivity contribution in [2.75, 3.05) is 18.4 Å². The fourth-order valence-corrected chi connectivity index (χ4v) is 2.31. The molecule has 2 rings (SSSR count). The standard InChI is InChI=1S/C14H19ClN2O/c1-10-5-7-17(8-6-10)14(18)16-13-9-12(15)4-3-11(13)2/h3-4,9-10H,5-8H2,1-2H3,(H,16,18). The summed E-state index contributed by atoms with van der Waals surface area (Å²) in [6, 6.07) is 5.51. The molecule has 1 saturated heterocycles. The van der Waals surface area contributed by atoms with Gasteiger partial charge in [0.25, 0.3) is 0 Å². The first-order chi connectivity index (χ1) is 8.56. The summed E-state index contributed by atoms with van der Waals surface area (Å²) in [4.78, 5) is 14.0. The lowest BCUT2D eigenvalue weighted by Crippen LogP contribution is -2.40. The average Bonchev–Trinajstić information content (AvgIpc) is 2.34. The third kappa shape index (κ3) is 3.16. The molecule has 0 atom stereocenters. The van der Waals surface area contributed by atoms with Gasteiger partial charge in [-0.25, -0.2) is 4.79 Å². The Morgan fingerprint density at radius 3 is 2.72 bits per heavy atom. The van der Waals surface area contributed by atoms with Crippen molar-refractivity contribution < 1.29 is 4.79 Å². The van der Waals surface area contributed by atoms with Crippen LogP contribution in [0.3, 0.4) is 0 Å². The number of rotatable bonds is 1. The van der Waals surface area contributed by atoms with Crippen LogP contribution >= 0.6 is 11.6 Å². The zero-order valence-electron chi connectivity index (χ0n) is 10.9. The van der Waals surface area contributed by atoms with Crippen molar-refractivity contribution in [3.63, 3.8) is 0 Å². The van der Waals surface area contributed by atoms with Gasteiger partial charge < -0.3 is 10.2 Å². The number of carbonyl (C=O) groups is 1. The maximum atomic E-state index is 12.1. The van der Waals surface area contributed by atoms with E-state index in [1.54, 1.807) is 6.07 Å². The molecule has 1 aromatic carbocycles. The molecule has 0 radical (unpaired) electrons. The summed E-state index contributed by atoms with van der Waals surface area (Å²) >= 11 is 5.94. The van der Waals surface area contributed by atoms with E-state index in [9.17, 15) is 4.79 Å². The number of hydrogen-bond acceptors (Lipinski definition) is 1. The number of benzene rings is 1. The van der Waals surface area contributed by atoms with Gasteiger partial charge in [0, 0.05) is 23.8 Å². The van der Waals surface area contributed by atoms with Crippen LogP contribution in [0.25, 0.3) is 0 Å². The lowest BCUT2D eigenvalue weighted by molar-refractivity contribution is 0.186. The van der Waals surface area contributed by atoms with Crippen LogP contribution in [0, 0.1) is 12.8 Å². The summed E-state index contributed by atoms with van der Waals surface area (Å²) in [6.45, 7) is 5.87. The van der Waals surface area contributed by atoms with Crippen LogP contribution in [0.15, 0.2) is 18.2 Å². The number of piperidine rings is 1. The van der Waals surface area contributed by atoms with E-state index >= 15 is 0 Å². The van der Waals surface area contributed by atoms with Crippen LogP contribution in [0.5, 0.6) is 0 Å². The van der Waals surface area contributed by atoms with Crippen molar-refractivity contribution in [2.24, 2.45) is 5.92 Å². The number of amides is 2. The van der Waals surface area contributed by atoms with Crippen LogP contribution in [-0.4, -0.2) is 24.0 Å². The Balaban J connectivity index is 2.00. The van der Waals surface area contributed by atoms with E-state index in [4.69, 9.17) is 11.6 Å². The molecule has 3 nitrogen and oxygen atoms in total. The van der Waals surface area contributed by atoms with E-state index in [1.807, 2.05) is 24.0 Å². The second-order valence-electron chi connectivity index (χ2n) is 5.06. The Labute approximate surface area is 113 Å². The lowest BCUT2D eigenvalue weighted by atomic mass is 10.00. The molecule has 2 amide bonds. The van der Waals surface area contributed by atoms with E-state index in [0.29, 0.717) is 5.02 Å². The van der Waals surface area contributed by atoms with Gasteiger partial charge in [-0.05, 0) is 43.4 Å². The van der Waals surface area contributed by atoms with Crippen LogP contribution in [0.4, 0.5) is 10.5 Å². The van der Waals surface area contributed by atoms with Crippen molar-refractivity contribution in [1.82, 2.24) is 4.90 Å². The predicted molar refractivity (Wildman–Crippen MR) is 75.2 cm³/mol. The van der Waals surface area contributed by atoms with Gasteiger partial charge in [0.1, 0.15) is 0 Å². The highest BCUT2D eigenvalue weighted by molar-refractivity contribution is 6.31. The summed E-state index contributed by atoms with van der Waals surface area (Å²) in [5.41, 5.74) is 1.82. The topological polar surface area (TPSA) is 32.3 Å². The SMILES string of the molecule is Cc1ccc(Cl)cc1NC(=O)N1CCC(C)CC1. The molecule has 0 bridgehead atoms. The summed E-state index contributed by atoms with van der Waals surface area (Å²) < 4.78 is 0. The molecule has 1 heterocycles. The van der Waals surface area contributed by atoms with Crippen molar-refractivity contribution in [1.29, 1.82) is 0 Å². The molecule has 1 N–H and O–H groups in total. The number of likely N-dealkylation sites (tertiary alicyclic amines) is 1. The first kappa shape index (κ1) is 13.2. The Morgan fingerprint density at radius 1 is 1.39 bits per heavy atom. The quantitative estimate of drug-likeness (QED) is 0.821. The zero-order valence-corrected chi connectivity index (χ0v) is 11.6. The number of urea groups is 1. The Kier molecular flexibility index (Phi) is 4.12. The minimum Gasteiger partial charge on any atom is -0.325 e. The maximum absolute atomic E-state index is 12.1. The molecule has 0 aliphatic carbocycles. The number of aryl methyl sites for hydroxylation is 1. The van der Waals surface area contributed by atoms with Crippen molar-refractivity contribution in [3.05, 3.63) is 28.8 Å². The highest BCUT2D eigenvalue weighted by atomic mass is 35.5. The maximum Gasteiger partial charge on any atom is 0.321 e. The van der Waals surface area contributed by atoms with Crippen molar-refractivity contribution >= 4 is 23.3 Å². The predicted octanol–water partition coefficient (Wildman–Crippen LogP) is 3.91. The van der Waals surface area contributed by atoms with E-state index < -0.39 is 0 Å². The van der Waals surface area contributed by atoms with Gasteiger partial charge >= 0.3 is 6.03 Å². The number of nitrogens with zero attached hydrogens (tertiary/aromatic N) is 1. The normalized spacial score (nSPS) is 16.7. The minimum atomic E-state index is -0.0210. The van der Waals surface area contributed by atoms with Gasteiger partial charge in [-0.15, -0.1) is 0 Å². The van der Waals surface area contributed by atoms with Gasteiger partial charge in [-0.2, -0.15) is 0 Å². The smallest absolute Gasteiger partial charge is 0.321 e. The van der Waals surface area contributed by atoms with Crippen LogP contribution in [-0.2, 0) is 0 Å². The molecule has 0 spiro atoms. The monoisotopic (exact) mass is 266 g/mol. The minimum absolute atomic E-state index is 0.0210. The first-order valence-corrected chi connectivity index (χ1v) is 6.76. The summed E-state index contributed by atoms with van der Waals surface area (Å²) in [5, 5.41) is 3.58. The molecule has 0 unspecified atom stereocenters. The van der Waals surface area contributed by atoms with E-state index in [1.165, 1.54) is 0 Å². The molecule has 0 aromatic heterocycles. The molecular formula is C14H19ClN2O. The first-order valence-electron chi connectivity index (χ1n) is 6.38. The van der Waals surface area contributed by atoms with Gasteiger partial charge in [0.05, 0.1) is 0 Å². The third-order valence-electron chi connectivity index (χ3n) is 3.51. The molecular weight excluding hydrogens is 248 g/mol. The third-order valence-corrected chi connectivity index (χ3v) is 3.75. The second kappa shape index (κ2) is 5.61. The molecule has 1 aliphatic heterocycles. The number of nitrogens with one attached hydrogen (secondary N) is 1. The molecule has 1 aromatic rings. The van der Waals surface area contributed by atoms with Crippen molar-refractivity contribution in [2.45, 2.75) is 26.7 Å². The summed E-state index contributed by atoms with van der Waals surface area (Å²) in [5.74, 6) is 0.724. The largest absolute Gasteiger partial charge is 0.325 e. The fourth-order valence-electron chi connectivity index (χ4n) is 2.13. The zero-order chi connectivity index (χ0) is 13.1. The molecule has 0 saturated carbocycles. The molecule has 98 valence electrons. The average molecular weight is 267 g/mol. The molecule has 4 heteroatoms. The summed E-state index contributed by atoms with van der Waals surface area (Å²) in [7, 11) is 0. The highest BCUT2D eigenvalue weighted by Gasteiger charge is 2.20. The lowest BCUT2D eigenvalue weighted by Gasteiger charge is -2.30. The number of hydrogen-bond donors (Lipinski definition) is 1. The van der Waals surface area contributed by atoms with Gasteiger partial charge in [-0.3, -0.25) is 0 Å². The Hall–Kier alpha value is -1.22. The van der Waals surface area contributed by atoms with E-state index in [0.717, 1.165) is 43.1 Å². The Bertz CT molecular complexity index is 439. The highest BCUT2D eigenvalue weighted by Crippen LogP contribution is 2.22. The second-order valence-corrected chi connectivity index (χ2v) is 5.50. The van der Waals surface area contributed by atoms with Crippen LogP contribution < -0.4 is 5.32 Å². The summed E-state index contributed by atoms with van der Waals surface area (Å²) in [6.07, 6.45) is 2.17. The van der Waals surface area contributed by atoms with Gasteiger partial charge in [-0.1, -0.05) is 24.6 Å². The van der Waals surface area contributed by atoms with Gasteiger partial charge in [0.2, 0.25) is 0 Å². The van der Waals surface area contributed by atoms with Crippen LogP contribution in [0.1, 0.15) is 25.3 Å². The number of anilines is 1. The molecule has 18 heavy (non-hydrogen) atoms. The number of halogens is 1. The molecule has 1 aliphatic rings. The van der Waals surface area contributed by atoms with Crippen LogP contribution in [0.2, 0.25) is 5.02 Å². The molecule has 1 fully saturated rings. The van der Waals surface area contributed by atoms with E-state index in [-0.39, 0.29) is 6.03 Å². The fraction of sp³-hybridized carbons (Fsp3) is 0.500.